The van der Waals surface area contributed by atoms with Crippen molar-refractivity contribution in [2.45, 2.75) is 57.7 Å². The molecule has 19 heavy (non-hydrogen) atoms. The average molecular weight is 280 g/mol. The van der Waals surface area contributed by atoms with E-state index >= 15 is 0 Å². The molecule has 1 aliphatic carbocycles. The van der Waals surface area contributed by atoms with E-state index in [1.807, 2.05) is 0 Å². The van der Waals surface area contributed by atoms with Gasteiger partial charge < -0.3 is 4.74 Å². The zero-order chi connectivity index (χ0) is 13.2. The molecule has 3 rings (SSSR count). The van der Waals surface area contributed by atoms with E-state index in [1.165, 1.54) is 44.3 Å². The van der Waals surface area contributed by atoms with Crippen LogP contribution in [0.3, 0.4) is 0 Å². The van der Waals surface area contributed by atoms with Gasteiger partial charge in [-0.25, -0.2) is 4.98 Å². The molecule has 1 aromatic heterocycles. The molecule has 0 radical (unpaired) electrons. The highest BCUT2D eigenvalue weighted by Crippen LogP contribution is 2.37. The fraction of sp³-hybridized carbons (Fsp3) is 0.800. The minimum Gasteiger partial charge on any atom is -0.375 e. The Hall–Kier alpha value is -0.450. The summed E-state index contributed by atoms with van der Waals surface area (Å²) in [6.45, 7) is 4.36. The summed E-state index contributed by atoms with van der Waals surface area (Å²) in [5, 5.41) is 3.32. The van der Waals surface area contributed by atoms with E-state index in [2.05, 4.69) is 17.2 Å². The molecule has 0 N–H and O–H groups in total. The minimum absolute atomic E-state index is 0.124. The predicted molar refractivity (Wildman–Crippen MR) is 78.3 cm³/mol. The standard InChI is InChI=1S/C15H24N2OS/c1-11(18-2)15-16-13(10-19-15)9-17-8-4-6-12-5-3-7-14(12)17/h10-12,14H,3-9H2,1-2H3. The predicted octanol–water partition coefficient (Wildman–Crippen LogP) is 3.62. The maximum absolute atomic E-state index is 5.34. The number of ether oxygens (including phenoxy) is 1. The van der Waals surface area contributed by atoms with Crippen molar-refractivity contribution in [3.8, 4) is 0 Å². The molecule has 1 saturated carbocycles. The first-order valence-corrected chi connectivity index (χ1v) is 8.37. The molecule has 1 saturated heterocycles. The molecule has 3 unspecified atom stereocenters. The summed E-state index contributed by atoms with van der Waals surface area (Å²) >= 11 is 1.73. The van der Waals surface area contributed by atoms with Gasteiger partial charge in [0.05, 0.1) is 5.69 Å². The molecule has 2 aliphatic rings. The second-order valence-corrected chi connectivity index (χ2v) is 6.82. The Morgan fingerprint density at radius 3 is 3.11 bits per heavy atom. The van der Waals surface area contributed by atoms with Gasteiger partial charge in [-0.05, 0) is 45.1 Å². The van der Waals surface area contributed by atoms with Gasteiger partial charge in [-0.2, -0.15) is 0 Å². The molecule has 0 aromatic carbocycles. The number of piperidine rings is 1. The van der Waals surface area contributed by atoms with Gasteiger partial charge >= 0.3 is 0 Å². The van der Waals surface area contributed by atoms with Crippen LogP contribution < -0.4 is 0 Å². The summed E-state index contributed by atoms with van der Waals surface area (Å²) in [6.07, 6.45) is 7.21. The number of likely N-dealkylation sites (tertiary alicyclic amines) is 1. The molecule has 0 bridgehead atoms. The van der Waals surface area contributed by atoms with Crippen molar-refractivity contribution in [2.24, 2.45) is 5.92 Å². The monoisotopic (exact) mass is 280 g/mol. The fourth-order valence-electron chi connectivity index (χ4n) is 3.64. The molecular formula is C15H24N2OS. The van der Waals surface area contributed by atoms with E-state index in [0.29, 0.717) is 0 Å². The highest BCUT2D eigenvalue weighted by atomic mass is 32.1. The number of hydrogen-bond acceptors (Lipinski definition) is 4. The first kappa shape index (κ1) is 13.5. The highest BCUT2D eigenvalue weighted by Gasteiger charge is 2.34. The molecule has 1 aromatic rings. The third-order valence-electron chi connectivity index (χ3n) is 4.74. The third kappa shape index (κ3) is 2.86. The van der Waals surface area contributed by atoms with Crippen LogP contribution in [0.15, 0.2) is 5.38 Å². The fourth-order valence-corrected chi connectivity index (χ4v) is 4.49. The molecule has 0 amide bonds. The molecule has 4 heteroatoms. The van der Waals surface area contributed by atoms with Crippen molar-refractivity contribution in [2.75, 3.05) is 13.7 Å². The van der Waals surface area contributed by atoms with Gasteiger partial charge in [0, 0.05) is 25.1 Å². The second kappa shape index (κ2) is 5.90. The lowest BCUT2D eigenvalue weighted by Gasteiger charge is -2.37. The molecule has 106 valence electrons. The van der Waals surface area contributed by atoms with Crippen molar-refractivity contribution in [1.82, 2.24) is 9.88 Å². The number of methoxy groups -OCH3 is 1. The van der Waals surface area contributed by atoms with E-state index in [1.54, 1.807) is 18.4 Å². The van der Waals surface area contributed by atoms with Gasteiger partial charge in [-0.15, -0.1) is 11.3 Å². The zero-order valence-corrected chi connectivity index (χ0v) is 12.8. The number of nitrogens with zero attached hydrogens (tertiary/aromatic N) is 2. The Bertz CT molecular complexity index is 420. The summed E-state index contributed by atoms with van der Waals surface area (Å²) in [5.74, 6) is 0.963. The molecule has 1 aliphatic heterocycles. The van der Waals surface area contributed by atoms with Gasteiger partial charge in [-0.1, -0.05) is 6.42 Å². The van der Waals surface area contributed by atoms with Crippen LogP contribution in [-0.4, -0.2) is 29.6 Å². The van der Waals surface area contributed by atoms with Crippen LogP contribution in [0.4, 0.5) is 0 Å². The smallest absolute Gasteiger partial charge is 0.122 e. The Labute approximate surface area is 120 Å². The summed E-state index contributed by atoms with van der Waals surface area (Å²) in [7, 11) is 1.75. The van der Waals surface area contributed by atoms with Crippen molar-refractivity contribution in [1.29, 1.82) is 0 Å². The number of fused-ring (bicyclic) bond motifs is 1. The lowest BCUT2D eigenvalue weighted by Crippen LogP contribution is -2.41. The van der Waals surface area contributed by atoms with Crippen LogP contribution in [0.5, 0.6) is 0 Å². The Kier molecular flexibility index (Phi) is 4.20. The minimum atomic E-state index is 0.124. The molecule has 3 atom stereocenters. The molecule has 2 fully saturated rings. The van der Waals surface area contributed by atoms with Crippen LogP contribution in [-0.2, 0) is 11.3 Å². The quantitative estimate of drug-likeness (QED) is 0.842. The summed E-state index contributed by atoms with van der Waals surface area (Å²) < 4.78 is 5.34. The van der Waals surface area contributed by atoms with Crippen LogP contribution >= 0.6 is 11.3 Å². The van der Waals surface area contributed by atoms with Crippen LogP contribution in [0.2, 0.25) is 0 Å². The normalized spacial score (nSPS) is 29.4. The van der Waals surface area contributed by atoms with Crippen molar-refractivity contribution in [3.05, 3.63) is 16.1 Å². The van der Waals surface area contributed by atoms with E-state index in [0.717, 1.165) is 23.5 Å². The van der Waals surface area contributed by atoms with Crippen molar-refractivity contribution < 1.29 is 4.74 Å². The number of thiazole rings is 1. The maximum atomic E-state index is 5.34. The molecule has 0 spiro atoms. The molecule has 2 heterocycles. The van der Waals surface area contributed by atoms with Crippen molar-refractivity contribution >= 4 is 11.3 Å². The lowest BCUT2D eigenvalue weighted by atomic mass is 9.92. The highest BCUT2D eigenvalue weighted by molar-refractivity contribution is 7.09. The number of aromatic nitrogens is 1. The second-order valence-electron chi connectivity index (χ2n) is 5.93. The first-order chi connectivity index (χ1) is 9.28. The SMILES string of the molecule is COC(C)c1nc(CN2CCCC3CCCC32)cs1. The van der Waals surface area contributed by atoms with Crippen LogP contribution in [0, 0.1) is 5.92 Å². The topological polar surface area (TPSA) is 25.4 Å². The maximum Gasteiger partial charge on any atom is 0.122 e. The summed E-state index contributed by atoms with van der Waals surface area (Å²) in [5.41, 5.74) is 1.23. The lowest BCUT2D eigenvalue weighted by molar-refractivity contribution is 0.103. The third-order valence-corrected chi connectivity index (χ3v) is 5.80. The summed E-state index contributed by atoms with van der Waals surface area (Å²) in [6, 6.07) is 0.832. The Balaban J connectivity index is 1.65. The van der Waals surface area contributed by atoms with Gasteiger partial charge in [-0.3, -0.25) is 4.90 Å². The largest absolute Gasteiger partial charge is 0.375 e. The first-order valence-electron chi connectivity index (χ1n) is 7.49. The van der Waals surface area contributed by atoms with Gasteiger partial charge in [0.15, 0.2) is 0 Å². The van der Waals surface area contributed by atoms with Crippen LogP contribution in [0.1, 0.15) is 55.8 Å². The van der Waals surface area contributed by atoms with E-state index in [-0.39, 0.29) is 6.10 Å². The van der Waals surface area contributed by atoms with E-state index < -0.39 is 0 Å². The Morgan fingerprint density at radius 2 is 2.26 bits per heavy atom. The number of rotatable bonds is 4. The van der Waals surface area contributed by atoms with E-state index in [4.69, 9.17) is 9.72 Å². The van der Waals surface area contributed by atoms with E-state index in [9.17, 15) is 0 Å². The number of hydrogen-bond donors (Lipinski definition) is 0. The van der Waals surface area contributed by atoms with Gasteiger partial charge in [0.25, 0.3) is 0 Å². The Morgan fingerprint density at radius 1 is 1.42 bits per heavy atom. The molecular weight excluding hydrogens is 256 g/mol. The summed E-state index contributed by atoms with van der Waals surface area (Å²) in [4.78, 5) is 7.42. The zero-order valence-electron chi connectivity index (χ0n) is 12.0. The van der Waals surface area contributed by atoms with Gasteiger partial charge in [0.2, 0.25) is 0 Å². The van der Waals surface area contributed by atoms with Crippen LogP contribution in [0.25, 0.3) is 0 Å². The van der Waals surface area contributed by atoms with Gasteiger partial charge in [0.1, 0.15) is 11.1 Å². The van der Waals surface area contributed by atoms with Crippen molar-refractivity contribution in [3.63, 3.8) is 0 Å². The average Bonchev–Trinajstić information content (AvgIpc) is 3.07. The molecule has 3 nitrogen and oxygen atoms in total.